The van der Waals surface area contributed by atoms with Gasteiger partial charge in [0.1, 0.15) is 29.0 Å². The highest BCUT2D eigenvalue weighted by molar-refractivity contribution is 6.05. The monoisotopic (exact) mass is 666 g/mol. The largest absolute Gasteiger partial charge is 0.484 e. The van der Waals surface area contributed by atoms with Crippen molar-refractivity contribution in [3.63, 3.8) is 0 Å². The van der Waals surface area contributed by atoms with Crippen molar-refractivity contribution in [3.8, 4) is 5.75 Å². The van der Waals surface area contributed by atoms with Gasteiger partial charge in [-0.3, -0.25) is 25.6 Å². The first-order valence-corrected chi connectivity index (χ1v) is 17.0. The number of rotatable bonds is 8. The second-order valence-corrected chi connectivity index (χ2v) is 14.0. The van der Waals surface area contributed by atoms with Crippen LogP contribution in [0.15, 0.2) is 83.6 Å². The van der Waals surface area contributed by atoms with Crippen LogP contribution in [0.5, 0.6) is 5.75 Å². The van der Waals surface area contributed by atoms with Crippen molar-refractivity contribution in [1.29, 1.82) is 10.8 Å². The summed E-state index contributed by atoms with van der Waals surface area (Å²) in [6.07, 6.45) is 4.53. The first-order chi connectivity index (χ1) is 23.4. The smallest absolute Gasteiger partial charge is 0.320 e. The van der Waals surface area contributed by atoms with E-state index in [1.165, 1.54) is 0 Å². The molecule has 2 heterocycles. The number of amidine groups is 1. The average molecular weight is 667 g/mol. The number of ether oxygens (including phenoxy) is 2. The summed E-state index contributed by atoms with van der Waals surface area (Å²) in [5.41, 5.74) is 10.8. The Labute approximate surface area is 289 Å². The number of fused-ring (bicyclic) bond motifs is 1. The maximum absolute atomic E-state index is 13.6. The van der Waals surface area contributed by atoms with E-state index in [2.05, 4.69) is 21.6 Å². The molecule has 2 amide bonds. The lowest BCUT2D eigenvalue weighted by molar-refractivity contribution is 0.0342. The van der Waals surface area contributed by atoms with Crippen LogP contribution in [0.25, 0.3) is 0 Å². The second kappa shape index (κ2) is 15.7. The van der Waals surface area contributed by atoms with Gasteiger partial charge in [0.25, 0.3) is 0 Å². The highest BCUT2D eigenvalue weighted by atomic mass is 16.5. The van der Waals surface area contributed by atoms with Gasteiger partial charge in [0.2, 0.25) is 0 Å². The van der Waals surface area contributed by atoms with Crippen LogP contribution in [-0.2, 0) is 11.3 Å². The Balaban J connectivity index is 1.33. The molecule has 2 unspecified atom stereocenters. The summed E-state index contributed by atoms with van der Waals surface area (Å²) in [7, 11) is 0. The first kappa shape index (κ1) is 35.6. The summed E-state index contributed by atoms with van der Waals surface area (Å²) in [5.74, 6) is 1.24. The number of hydrogen-bond acceptors (Lipinski definition) is 8. The Morgan fingerprint density at radius 2 is 1.82 bits per heavy atom. The predicted octanol–water partition coefficient (Wildman–Crippen LogP) is 6.15. The van der Waals surface area contributed by atoms with Crippen molar-refractivity contribution in [2.75, 3.05) is 26.3 Å². The number of benzene rings is 2. The third kappa shape index (κ3) is 9.45. The number of nitrogens with one attached hydrogen (secondary N) is 4. The predicted molar refractivity (Wildman–Crippen MR) is 193 cm³/mol. The van der Waals surface area contributed by atoms with Gasteiger partial charge in [0, 0.05) is 42.7 Å². The Bertz CT molecular complexity index is 1760. The highest BCUT2D eigenvalue weighted by Gasteiger charge is 2.30. The number of aromatic nitrogens is 1. The number of allylic oxidation sites excluding steroid dienone is 1. The number of carbonyl (C=O) groups excluding carboxylic acids is 1. The Morgan fingerprint density at radius 1 is 1.08 bits per heavy atom. The lowest BCUT2D eigenvalue weighted by Gasteiger charge is -2.32. The normalized spacial score (nSPS) is 18.9. The van der Waals surface area contributed by atoms with Gasteiger partial charge in [0.15, 0.2) is 0 Å². The minimum absolute atomic E-state index is 0.0331. The molecule has 1 aliphatic carbocycles. The zero-order chi connectivity index (χ0) is 35.1. The van der Waals surface area contributed by atoms with E-state index in [-0.39, 0.29) is 35.0 Å². The number of pyridine rings is 1. The summed E-state index contributed by atoms with van der Waals surface area (Å²) in [6.45, 7) is 14.0. The highest BCUT2D eigenvalue weighted by Crippen LogP contribution is 2.38. The molecule has 1 saturated heterocycles. The molecule has 1 aliphatic heterocycles. The van der Waals surface area contributed by atoms with E-state index < -0.39 is 0 Å². The van der Waals surface area contributed by atoms with Gasteiger partial charge < -0.3 is 20.5 Å². The molecule has 2 aromatic carbocycles. The standard InChI is InChI=1S/C38H50N8O3/c1-25(2)36(41)46-24-28(13-16-34(46)40)49-32-15-14-31(29-11-6-7-12-30(29)32)43-37(47)44-35(22-33(39)38(3,4)5)42-27-10-8-9-26(21-27)23-45-17-19-48-20-18-45/h6-13,16,21-22,24-25,31-32,40-41H,14-15,17-20,23,39H2,1-5H3,(H2,42,43,44,47). The summed E-state index contributed by atoms with van der Waals surface area (Å²) < 4.78 is 13.5. The number of hydrogen-bond donors (Lipinski definition) is 5. The number of amides is 2. The van der Waals surface area contributed by atoms with Gasteiger partial charge in [-0.1, -0.05) is 71.0 Å². The van der Waals surface area contributed by atoms with Gasteiger partial charge in [-0.2, -0.15) is 0 Å². The lowest BCUT2D eigenvalue weighted by atomic mass is 9.85. The van der Waals surface area contributed by atoms with Crippen LogP contribution in [0.3, 0.4) is 0 Å². The first-order valence-electron chi connectivity index (χ1n) is 17.0. The summed E-state index contributed by atoms with van der Waals surface area (Å²) >= 11 is 0. The molecule has 11 heteroatoms. The van der Waals surface area contributed by atoms with Gasteiger partial charge in [-0.05, 0) is 53.8 Å². The number of urea groups is 1. The topological polar surface area (TPSA) is 154 Å². The average Bonchev–Trinajstić information content (AvgIpc) is 3.06. The van der Waals surface area contributed by atoms with Crippen molar-refractivity contribution in [1.82, 2.24) is 20.1 Å². The van der Waals surface area contributed by atoms with Crippen LogP contribution in [0.4, 0.5) is 10.5 Å². The van der Waals surface area contributed by atoms with Gasteiger partial charge >= 0.3 is 6.03 Å². The Kier molecular flexibility index (Phi) is 11.4. The maximum Gasteiger partial charge on any atom is 0.320 e. The molecule has 49 heavy (non-hydrogen) atoms. The van der Waals surface area contributed by atoms with Crippen molar-refractivity contribution >= 4 is 23.4 Å². The lowest BCUT2D eigenvalue weighted by Crippen LogP contribution is -2.42. The molecule has 260 valence electrons. The zero-order valence-electron chi connectivity index (χ0n) is 29.3. The van der Waals surface area contributed by atoms with E-state index >= 15 is 0 Å². The fraction of sp³-hybridized carbons (Fsp3) is 0.421. The molecule has 1 fully saturated rings. The molecular weight excluding hydrogens is 616 g/mol. The molecule has 2 atom stereocenters. The summed E-state index contributed by atoms with van der Waals surface area (Å²) in [6, 6.07) is 18.8. The number of carbonyl (C=O) groups is 1. The van der Waals surface area contributed by atoms with E-state index in [0.717, 1.165) is 55.2 Å². The van der Waals surface area contributed by atoms with Gasteiger partial charge in [-0.15, -0.1) is 0 Å². The minimum atomic E-state index is -0.375. The van der Waals surface area contributed by atoms with Crippen LogP contribution in [0, 0.1) is 22.2 Å². The Hall–Kier alpha value is -4.74. The molecule has 6 N–H and O–H groups in total. The van der Waals surface area contributed by atoms with Crippen LogP contribution >= 0.6 is 0 Å². The van der Waals surface area contributed by atoms with Crippen molar-refractivity contribution < 1.29 is 14.3 Å². The fourth-order valence-corrected chi connectivity index (χ4v) is 5.87. The molecule has 11 nitrogen and oxygen atoms in total. The van der Waals surface area contributed by atoms with Crippen LogP contribution in [0.1, 0.15) is 76.3 Å². The third-order valence-electron chi connectivity index (χ3n) is 8.82. The van der Waals surface area contributed by atoms with E-state index in [1.54, 1.807) is 29.0 Å². The number of nitrogens with two attached hydrogens (primary N) is 1. The second-order valence-electron chi connectivity index (χ2n) is 14.0. The van der Waals surface area contributed by atoms with E-state index in [4.69, 9.17) is 31.0 Å². The molecule has 0 radical (unpaired) electrons. The summed E-state index contributed by atoms with van der Waals surface area (Å²) in [4.78, 5) is 20.8. The van der Waals surface area contributed by atoms with Crippen molar-refractivity contribution in [3.05, 3.63) is 101 Å². The van der Waals surface area contributed by atoms with Gasteiger partial charge in [0.05, 0.1) is 31.1 Å². The maximum atomic E-state index is 13.6. The number of aliphatic imine (C=N–C) groups is 1. The van der Waals surface area contributed by atoms with E-state index in [1.807, 2.05) is 77.1 Å². The molecule has 3 aromatic rings. The van der Waals surface area contributed by atoms with Gasteiger partial charge in [-0.25, -0.2) is 9.79 Å². The summed E-state index contributed by atoms with van der Waals surface area (Å²) in [5, 5.41) is 22.8. The Morgan fingerprint density at radius 3 is 2.53 bits per heavy atom. The molecule has 2 aliphatic rings. The van der Waals surface area contributed by atoms with E-state index in [0.29, 0.717) is 36.0 Å². The van der Waals surface area contributed by atoms with Crippen molar-refractivity contribution in [2.45, 2.75) is 66.2 Å². The molecule has 0 spiro atoms. The minimum Gasteiger partial charge on any atom is -0.484 e. The SMILES string of the molecule is CC(C)C(=N)n1cc(OC2CCC(NC(=O)NC(C=C(N)C(C)(C)C)=Nc3cccc(CN4CCOCC4)c3)c3ccccc32)ccc1=N. The molecule has 1 aromatic heterocycles. The van der Waals surface area contributed by atoms with Crippen LogP contribution in [0.2, 0.25) is 0 Å². The van der Waals surface area contributed by atoms with Crippen LogP contribution in [-0.4, -0.2) is 53.5 Å². The fourth-order valence-electron chi connectivity index (χ4n) is 5.87. The molecular formula is C38H50N8O3. The zero-order valence-corrected chi connectivity index (χ0v) is 29.3. The molecule has 0 bridgehead atoms. The number of nitrogens with zero attached hydrogens (tertiary/aromatic N) is 3. The number of morpholine rings is 1. The third-order valence-corrected chi connectivity index (χ3v) is 8.82. The van der Waals surface area contributed by atoms with Crippen LogP contribution < -0.4 is 26.6 Å². The molecule has 0 saturated carbocycles. The quantitative estimate of drug-likeness (QED) is 0.144. The van der Waals surface area contributed by atoms with Crippen molar-refractivity contribution in [2.24, 2.45) is 22.1 Å². The molecule has 5 rings (SSSR count). The van der Waals surface area contributed by atoms with E-state index in [9.17, 15) is 4.79 Å².